The van der Waals surface area contributed by atoms with Gasteiger partial charge < -0.3 is 0 Å². The maximum Gasteiger partial charge on any atom is 0.117 e. The normalized spacial score (nSPS) is 12.4. The largest absolute Gasteiger partial charge is 0.130 e. The topological polar surface area (TPSA) is 0 Å². The van der Waals surface area contributed by atoms with E-state index in [1.807, 2.05) is 0 Å². The van der Waals surface area contributed by atoms with Gasteiger partial charge in [-0.05, 0) is 20.8 Å². The lowest BCUT2D eigenvalue weighted by molar-refractivity contribution is 1.40. The van der Waals surface area contributed by atoms with Crippen LogP contribution < -0.4 is 10.4 Å². The number of hydrogen-bond donors (Lipinski definition) is 0. The molecule has 94 valence electrons. The van der Waals surface area contributed by atoms with Gasteiger partial charge in [-0.15, -0.1) is 11.6 Å². The summed E-state index contributed by atoms with van der Waals surface area (Å²) in [5, 5.41) is 2.89. The molecule has 1 atom stereocenters. The number of rotatable bonds is 3. The Morgan fingerprint density at radius 2 is 1.44 bits per heavy atom. The van der Waals surface area contributed by atoms with E-state index < -0.39 is 8.80 Å². The molecule has 0 aliphatic heterocycles. The molecule has 0 heterocycles. The van der Waals surface area contributed by atoms with E-state index in [0.717, 1.165) is 5.50 Å². The molecule has 0 spiro atoms. The quantitative estimate of drug-likeness (QED) is 0.596. The van der Waals surface area contributed by atoms with Gasteiger partial charge in [0.15, 0.2) is 0 Å². The number of aryl methyl sites for hydroxylation is 3. The van der Waals surface area contributed by atoms with Crippen molar-refractivity contribution in [3.63, 3.8) is 0 Å². The fourth-order valence-electron chi connectivity index (χ4n) is 2.47. The minimum atomic E-state index is -1.25. The predicted octanol–water partition coefficient (Wildman–Crippen LogP) is 2.73. The highest BCUT2D eigenvalue weighted by Gasteiger charge is 2.15. The molecule has 2 aromatic rings. The second-order valence-electron chi connectivity index (χ2n) is 5.04. The summed E-state index contributed by atoms with van der Waals surface area (Å²) < 4.78 is 0. The monoisotopic (exact) mass is 274 g/mol. The smallest absolute Gasteiger partial charge is 0.117 e. The van der Waals surface area contributed by atoms with E-state index in [0.29, 0.717) is 0 Å². The fourth-order valence-corrected chi connectivity index (χ4v) is 6.01. The zero-order valence-corrected chi connectivity index (χ0v) is 13.1. The van der Waals surface area contributed by atoms with Crippen molar-refractivity contribution < 1.29 is 0 Å². The molecule has 0 N–H and O–H groups in total. The number of halogens is 1. The van der Waals surface area contributed by atoms with Gasteiger partial charge in [-0.1, -0.05) is 69.5 Å². The molecule has 0 nitrogen and oxygen atoms in total. The van der Waals surface area contributed by atoms with Gasteiger partial charge in [0.1, 0.15) is 8.80 Å². The van der Waals surface area contributed by atoms with Gasteiger partial charge in [0.2, 0.25) is 0 Å². The van der Waals surface area contributed by atoms with Gasteiger partial charge in [-0.25, -0.2) is 0 Å². The van der Waals surface area contributed by atoms with Crippen LogP contribution in [0, 0.1) is 20.8 Å². The molecule has 2 heteroatoms. The Kier molecular flexibility index (Phi) is 4.26. The highest BCUT2D eigenvalue weighted by Crippen LogP contribution is 2.04. The summed E-state index contributed by atoms with van der Waals surface area (Å²) in [5.41, 5.74) is 4.74. The summed E-state index contributed by atoms with van der Waals surface area (Å²) >= 11 is 6.26. The molecule has 0 aliphatic carbocycles. The zero-order valence-electron chi connectivity index (χ0n) is 11.2. The summed E-state index contributed by atoms with van der Waals surface area (Å²) in [4.78, 5) is 0. The highest BCUT2D eigenvalue weighted by atomic mass is 35.5. The Morgan fingerprint density at radius 3 is 2.00 bits per heavy atom. The Bertz CT molecular complexity index is 528. The lowest BCUT2D eigenvalue weighted by Gasteiger charge is -2.15. The Morgan fingerprint density at radius 1 is 0.833 bits per heavy atom. The molecule has 0 amide bonds. The molecule has 0 saturated carbocycles. The second-order valence-corrected chi connectivity index (χ2v) is 8.72. The van der Waals surface area contributed by atoms with Gasteiger partial charge in [0, 0.05) is 5.50 Å². The minimum Gasteiger partial charge on any atom is -0.130 e. The second kappa shape index (κ2) is 5.72. The Balaban J connectivity index is 2.45. The van der Waals surface area contributed by atoms with E-state index in [-0.39, 0.29) is 0 Å². The zero-order chi connectivity index (χ0) is 13.1. The van der Waals surface area contributed by atoms with Crippen LogP contribution in [0.15, 0.2) is 42.5 Å². The summed E-state index contributed by atoms with van der Waals surface area (Å²) in [6, 6.07) is 15.6. The lowest BCUT2D eigenvalue weighted by Crippen LogP contribution is -2.44. The van der Waals surface area contributed by atoms with Crippen molar-refractivity contribution in [2.24, 2.45) is 0 Å². The summed E-state index contributed by atoms with van der Waals surface area (Å²) in [6.07, 6.45) is 0. The number of alkyl halides is 1. The van der Waals surface area contributed by atoms with Crippen molar-refractivity contribution in [2.75, 3.05) is 5.50 Å². The molecule has 0 saturated heterocycles. The predicted molar refractivity (Wildman–Crippen MR) is 84.2 cm³/mol. The van der Waals surface area contributed by atoms with Crippen molar-refractivity contribution in [3.05, 3.63) is 59.2 Å². The highest BCUT2D eigenvalue weighted by molar-refractivity contribution is 6.89. The van der Waals surface area contributed by atoms with Crippen LogP contribution in [0.5, 0.6) is 0 Å². The molecule has 0 bridgehead atoms. The van der Waals surface area contributed by atoms with Crippen molar-refractivity contribution in [1.82, 2.24) is 0 Å². The van der Waals surface area contributed by atoms with Gasteiger partial charge >= 0.3 is 0 Å². The first-order valence-corrected chi connectivity index (χ1v) is 8.81. The Labute approximate surface area is 116 Å². The minimum absolute atomic E-state index is 0.756. The average molecular weight is 275 g/mol. The van der Waals surface area contributed by atoms with Crippen molar-refractivity contribution in [1.29, 1.82) is 0 Å². The van der Waals surface area contributed by atoms with Crippen LogP contribution in [0.4, 0.5) is 0 Å². The maximum absolute atomic E-state index is 6.26. The van der Waals surface area contributed by atoms with Crippen LogP contribution in [0.25, 0.3) is 0 Å². The molecule has 2 aromatic carbocycles. The SMILES string of the molecule is Cc1cccc([SiH](CCl)c2cc(C)cc(C)c2)c1. The van der Waals surface area contributed by atoms with Crippen LogP contribution >= 0.6 is 11.6 Å². The van der Waals surface area contributed by atoms with E-state index in [2.05, 4.69) is 63.2 Å². The number of benzene rings is 2. The van der Waals surface area contributed by atoms with Gasteiger partial charge in [0.25, 0.3) is 0 Å². The van der Waals surface area contributed by atoms with Crippen LogP contribution in [-0.4, -0.2) is 14.3 Å². The average Bonchev–Trinajstić information content (AvgIpc) is 2.28. The van der Waals surface area contributed by atoms with E-state index in [9.17, 15) is 0 Å². The lowest BCUT2D eigenvalue weighted by atomic mass is 10.2. The summed E-state index contributed by atoms with van der Waals surface area (Å²) in [5.74, 6) is 0. The third kappa shape index (κ3) is 3.04. The first-order valence-electron chi connectivity index (χ1n) is 6.31. The summed E-state index contributed by atoms with van der Waals surface area (Å²) in [6.45, 7) is 6.46. The molecular formula is C16H19ClSi. The van der Waals surface area contributed by atoms with Crippen LogP contribution in [0.3, 0.4) is 0 Å². The molecule has 2 rings (SSSR count). The maximum atomic E-state index is 6.26. The van der Waals surface area contributed by atoms with E-state index >= 15 is 0 Å². The molecule has 0 aliphatic rings. The van der Waals surface area contributed by atoms with Gasteiger partial charge in [0.05, 0.1) is 0 Å². The van der Waals surface area contributed by atoms with Crippen LogP contribution in [0.2, 0.25) is 0 Å². The first kappa shape index (κ1) is 13.4. The summed E-state index contributed by atoms with van der Waals surface area (Å²) in [7, 11) is -1.25. The van der Waals surface area contributed by atoms with E-state index in [1.165, 1.54) is 27.1 Å². The van der Waals surface area contributed by atoms with E-state index in [4.69, 9.17) is 11.6 Å². The molecule has 0 fully saturated rings. The van der Waals surface area contributed by atoms with Crippen molar-refractivity contribution >= 4 is 30.8 Å². The molecule has 18 heavy (non-hydrogen) atoms. The molecule has 1 unspecified atom stereocenters. The molecular weight excluding hydrogens is 256 g/mol. The van der Waals surface area contributed by atoms with Crippen LogP contribution in [-0.2, 0) is 0 Å². The van der Waals surface area contributed by atoms with Crippen LogP contribution in [0.1, 0.15) is 16.7 Å². The van der Waals surface area contributed by atoms with Crippen molar-refractivity contribution in [3.8, 4) is 0 Å². The number of hydrogen-bond acceptors (Lipinski definition) is 0. The fraction of sp³-hybridized carbons (Fsp3) is 0.250. The molecule has 0 aromatic heterocycles. The van der Waals surface area contributed by atoms with Crippen molar-refractivity contribution in [2.45, 2.75) is 20.8 Å². The third-order valence-corrected chi connectivity index (χ3v) is 6.78. The Hall–Kier alpha value is -1.05. The van der Waals surface area contributed by atoms with Gasteiger partial charge in [-0.3, -0.25) is 0 Å². The molecule has 0 radical (unpaired) electrons. The standard InChI is InChI=1S/C16H19ClSi/c1-12-5-4-6-15(8-12)18(11-17)16-9-13(2)7-14(3)10-16/h4-10,18H,11H2,1-3H3. The van der Waals surface area contributed by atoms with E-state index in [1.54, 1.807) is 0 Å². The first-order chi connectivity index (χ1) is 8.60. The van der Waals surface area contributed by atoms with Gasteiger partial charge in [-0.2, -0.15) is 0 Å². The third-order valence-electron chi connectivity index (χ3n) is 3.25.